The molecule has 0 aromatic heterocycles. The van der Waals surface area contributed by atoms with E-state index in [0.717, 1.165) is 17.7 Å². The van der Waals surface area contributed by atoms with Crippen LogP contribution in [0, 0.1) is 11.7 Å². The lowest BCUT2D eigenvalue weighted by Gasteiger charge is -2.33. The Morgan fingerprint density at radius 1 is 1.32 bits per heavy atom. The molecular weight excluding hydrogens is 327 g/mol. The maximum absolute atomic E-state index is 13.5. The first-order valence-electron chi connectivity index (χ1n) is 8.44. The number of halogens is 1. The third-order valence-corrected chi connectivity index (χ3v) is 5.01. The van der Waals surface area contributed by atoms with Gasteiger partial charge in [0.2, 0.25) is 0 Å². The zero-order chi connectivity index (χ0) is 18.0. The van der Waals surface area contributed by atoms with Crippen LogP contribution in [0.1, 0.15) is 38.2 Å². The van der Waals surface area contributed by atoms with Crippen molar-refractivity contribution < 1.29 is 23.5 Å². The van der Waals surface area contributed by atoms with Gasteiger partial charge in [-0.15, -0.1) is 0 Å². The first kappa shape index (κ1) is 17.4. The van der Waals surface area contributed by atoms with Crippen molar-refractivity contribution in [2.45, 2.75) is 44.8 Å². The number of esters is 1. The topological polar surface area (TPSA) is 75.7 Å². The number of urea groups is 1. The van der Waals surface area contributed by atoms with Gasteiger partial charge in [0, 0.05) is 5.56 Å². The van der Waals surface area contributed by atoms with E-state index < -0.39 is 29.9 Å². The molecule has 1 aromatic carbocycles. The highest BCUT2D eigenvalue weighted by molar-refractivity contribution is 6.08. The van der Waals surface area contributed by atoms with E-state index in [1.165, 1.54) is 12.1 Å². The minimum absolute atomic E-state index is 0.238. The third kappa shape index (κ3) is 3.50. The molecule has 3 amide bonds. The van der Waals surface area contributed by atoms with E-state index in [4.69, 9.17) is 4.74 Å². The fourth-order valence-electron chi connectivity index (χ4n) is 3.36. The number of amides is 3. The molecule has 1 spiro atoms. The number of carbonyl (C=O) groups excluding carboxylic acids is 3. The standard InChI is InChI=1S/C18H21FN2O4/c1-12-6-8-18(9-7-12)16(23)21(17(24)20-18)10-15(22)25-11-13-4-2-3-5-14(13)19/h2-5,12H,6-11H2,1H3,(H,20,24). The summed E-state index contributed by atoms with van der Waals surface area (Å²) >= 11 is 0. The predicted octanol–water partition coefficient (Wildman–Crippen LogP) is 2.37. The number of rotatable bonds is 4. The van der Waals surface area contributed by atoms with Gasteiger partial charge in [-0.25, -0.2) is 9.18 Å². The van der Waals surface area contributed by atoms with Crippen molar-refractivity contribution in [3.63, 3.8) is 0 Å². The monoisotopic (exact) mass is 348 g/mol. The maximum Gasteiger partial charge on any atom is 0.326 e. The molecule has 1 saturated carbocycles. The summed E-state index contributed by atoms with van der Waals surface area (Å²) in [7, 11) is 0. The molecule has 1 aliphatic heterocycles. The van der Waals surface area contributed by atoms with Gasteiger partial charge in [0.05, 0.1) is 0 Å². The quantitative estimate of drug-likeness (QED) is 0.669. The van der Waals surface area contributed by atoms with Crippen LogP contribution < -0.4 is 5.32 Å². The number of imide groups is 1. The molecule has 134 valence electrons. The molecule has 1 saturated heterocycles. The van der Waals surface area contributed by atoms with Crippen LogP contribution in [0.3, 0.4) is 0 Å². The summed E-state index contributed by atoms with van der Waals surface area (Å²) in [6.45, 7) is 1.42. The van der Waals surface area contributed by atoms with Crippen LogP contribution in [-0.4, -0.2) is 34.9 Å². The second-order valence-corrected chi connectivity index (χ2v) is 6.84. The van der Waals surface area contributed by atoms with Crippen LogP contribution in [0.5, 0.6) is 0 Å². The number of ether oxygens (including phenoxy) is 1. The minimum atomic E-state index is -0.880. The van der Waals surface area contributed by atoms with E-state index in [1.54, 1.807) is 12.1 Å². The van der Waals surface area contributed by atoms with Crippen molar-refractivity contribution in [2.75, 3.05) is 6.54 Å². The van der Waals surface area contributed by atoms with Crippen LogP contribution in [0.25, 0.3) is 0 Å². The Balaban J connectivity index is 1.59. The van der Waals surface area contributed by atoms with E-state index in [-0.39, 0.29) is 18.1 Å². The van der Waals surface area contributed by atoms with Crippen molar-refractivity contribution >= 4 is 17.9 Å². The summed E-state index contributed by atoms with van der Waals surface area (Å²) in [6.07, 6.45) is 2.88. The summed E-state index contributed by atoms with van der Waals surface area (Å²) in [6, 6.07) is 5.39. The Morgan fingerprint density at radius 2 is 2.00 bits per heavy atom. The lowest BCUT2D eigenvalue weighted by atomic mass is 9.77. The number of hydrogen-bond acceptors (Lipinski definition) is 4. The van der Waals surface area contributed by atoms with Crippen molar-refractivity contribution in [2.24, 2.45) is 5.92 Å². The largest absolute Gasteiger partial charge is 0.459 e. The summed E-state index contributed by atoms with van der Waals surface area (Å²) in [5.74, 6) is -1.06. The SMILES string of the molecule is CC1CCC2(CC1)NC(=O)N(CC(=O)OCc1ccccc1F)C2=O. The van der Waals surface area contributed by atoms with Gasteiger partial charge in [-0.05, 0) is 37.7 Å². The summed E-state index contributed by atoms with van der Waals surface area (Å²) in [5, 5.41) is 2.75. The summed E-state index contributed by atoms with van der Waals surface area (Å²) < 4.78 is 18.5. The third-order valence-electron chi connectivity index (χ3n) is 5.01. The molecule has 1 heterocycles. The van der Waals surface area contributed by atoms with Crippen molar-refractivity contribution in [1.29, 1.82) is 0 Å². The molecule has 2 aliphatic rings. The van der Waals surface area contributed by atoms with Gasteiger partial charge in [-0.2, -0.15) is 0 Å². The highest BCUT2D eigenvalue weighted by Crippen LogP contribution is 2.36. The highest BCUT2D eigenvalue weighted by Gasteiger charge is 2.52. The van der Waals surface area contributed by atoms with Gasteiger partial charge < -0.3 is 10.1 Å². The second-order valence-electron chi connectivity index (χ2n) is 6.84. The second kappa shape index (κ2) is 6.82. The zero-order valence-corrected chi connectivity index (χ0v) is 14.1. The van der Waals surface area contributed by atoms with Gasteiger partial charge in [0.25, 0.3) is 5.91 Å². The van der Waals surface area contributed by atoms with Gasteiger partial charge in [0.1, 0.15) is 24.5 Å². The summed E-state index contributed by atoms with van der Waals surface area (Å²) in [4.78, 5) is 37.6. The number of nitrogens with zero attached hydrogens (tertiary/aromatic N) is 1. The Bertz CT molecular complexity index is 698. The van der Waals surface area contributed by atoms with Gasteiger partial charge in [0.15, 0.2) is 0 Å². The van der Waals surface area contributed by atoms with E-state index in [0.29, 0.717) is 18.8 Å². The van der Waals surface area contributed by atoms with Crippen LogP contribution >= 0.6 is 0 Å². The average molecular weight is 348 g/mol. The molecule has 0 bridgehead atoms. The van der Waals surface area contributed by atoms with Crippen molar-refractivity contribution in [3.05, 3.63) is 35.6 Å². The molecule has 25 heavy (non-hydrogen) atoms. The first-order valence-corrected chi connectivity index (χ1v) is 8.44. The van der Waals surface area contributed by atoms with Crippen molar-refractivity contribution in [3.8, 4) is 0 Å². The Labute approximate surface area is 145 Å². The molecule has 1 aliphatic carbocycles. The van der Waals surface area contributed by atoms with E-state index in [1.807, 2.05) is 0 Å². The Morgan fingerprint density at radius 3 is 2.68 bits per heavy atom. The molecule has 1 N–H and O–H groups in total. The highest BCUT2D eigenvalue weighted by atomic mass is 19.1. The smallest absolute Gasteiger partial charge is 0.326 e. The van der Waals surface area contributed by atoms with Gasteiger partial charge >= 0.3 is 12.0 Å². The Kier molecular flexibility index (Phi) is 4.74. The van der Waals surface area contributed by atoms with Gasteiger partial charge in [-0.3, -0.25) is 14.5 Å². The van der Waals surface area contributed by atoms with E-state index >= 15 is 0 Å². The molecular formula is C18H21FN2O4. The first-order chi connectivity index (χ1) is 11.9. The molecule has 2 fully saturated rings. The van der Waals surface area contributed by atoms with E-state index in [2.05, 4.69) is 12.2 Å². The van der Waals surface area contributed by atoms with Crippen LogP contribution in [0.4, 0.5) is 9.18 Å². The molecule has 0 atom stereocenters. The molecule has 6 nitrogen and oxygen atoms in total. The lowest BCUT2D eigenvalue weighted by molar-refractivity contribution is -0.149. The molecule has 3 rings (SSSR count). The zero-order valence-electron chi connectivity index (χ0n) is 14.1. The van der Waals surface area contributed by atoms with Crippen LogP contribution in [0.2, 0.25) is 0 Å². The lowest BCUT2D eigenvalue weighted by Crippen LogP contribution is -2.49. The fraction of sp³-hybridized carbons (Fsp3) is 0.500. The normalized spacial score (nSPS) is 26.0. The predicted molar refractivity (Wildman–Crippen MR) is 86.8 cm³/mol. The number of benzene rings is 1. The van der Waals surface area contributed by atoms with Crippen LogP contribution in [-0.2, 0) is 20.9 Å². The molecule has 0 unspecified atom stereocenters. The molecule has 1 aromatic rings. The average Bonchev–Trinajstić information content (AvgIpc) is 2.81. The minimum Gasteiger partial charge on any atom is -0.459 e. The Hall–Kier alpha value is -2.44. The van der Waals surface area contributed by atoms with Crippen molar-refractivity contribution in [1.82, 2.24) is 10.2 Å². The number of nitrogens with one attached hydrogen (secondary N) is 1. The maximum atomic E-state index is 13.5. The van der Waals surface area contributed by atoms with Crippen LogP contribution in [0.15, 0.2) is 24.3 Å². The number of hydrogen-bond donors (Lipinski definition) is 1. The van der Waals surface area contributed by atoms with Gasteiger partial charge in [-0.1, -0.05) is 25.1 Å². The molecule has 0 radical (unpaired) electrons. The molecule has 7 heteroatoms. The van der Waals surface area contributed by atoms with E-state index in [9.17, 15) is 18.8 Å². The number of carbonyl (C=O) groups is 3. The fourth-order valence-corrected chi connectivity index (χ4v) is 3.36. The summed E-state index contributed by atoms with van der Waals surface area (Å²) in [5.41, 5.74) is -0.638.